The van der Waals surface area contributed by atoms with Gasteiger partial charge in [-0.15, -0.1) is 0 Å². The van der Waals surface area contributed by atoms with Crippen LogP contribution in [0.2, 0.25) is 0 Å². The number of nitrogens with one attached hydrogen (secondary N) is 2. The number of aromatic nitrogens is 2. The molecule has 1 heterocycles. The van der Waals surface area contributed by atoms with Gasteiger partial charge in [-0.3, -0.25) is 4.72 Å². The number of carboxylic acids is 1. The van der Waals surface area contributed by atoms with Crippen molar-refractivity contribution in [3.63, 3.8) is 0 Å². The van der Waals surface area contributed by atoms with Crippen molar-refractivity contribution >= 4 is 27.6 Å². The molecule has 4 aromatic rings. The summed E-state index contributed by atoms with van der Waals surface area (Å²) in [7, 11) is -3.69. The van der Waals surface area contributed by atoms with Gasteiger partial charge in [-0.25, -0.2) is 23.2 Å². The Morgan fingerprint density at radius 2 is 1.53 bits per heavy atom. The van der Waals surface area contributed by atoms with E-state index in [2.05, 4.69) is 20.0 Å². The minimum absolute atomic E-state index is 0.175. The van der Waals surface area contributed by atoms with E-state index in [1.165, 1.54) is 18.3 Å². The second kappa shape index (κ2) is 10.1. The fourth-order valence-electron chi connectivity index (χ4n) is 3.32. The quantitative estimate of drug-likeness (QED) is 0.335. The number of carbonyl (C=O) groups is 1. The number of rotatable bonds is 9. The number of benzene rings is 3. The maximum atomic E-state index is 12.5. The summed E-state index contributed by atoms with van der Waals surface area (Å²) < 4.78 is 27.6. The van der Waals surface area contributed by atoms with Crippen LogP contribution in [-0.4, -0.2) is 35.5 Å². The van der Waals surface area contributed by atoms with Gasteiger partial charge in [0, 0.05) is 23.9 Å². The van der Waals surface area contributed by atoms with E-state index in [4.69, 9.17) is 0 Å². The smallest absolute Gasteiger partial charge is 0.326 e. The monoisotopic (exact) mass is 474 g/mol. The van der Waals surface area contributed by atoms with Gasteiger partial charge in [0.05, 0.1) is 10.6 Å². The zero-order chi connectivity index (χ0) is 24.0. The minimum Gasteiger partial charge on any atom is -0.480 e. The maximum Gasteiger partial charge on any atom is 0.326 e. The molecule has 4 rings (SSSR count). The average Bonchev–Trinajstić information content (AvgIpc) is 2.85. The van der Waals surface area contributed by atoms with E-state index in [-0.39, 0.29) is 17.3 Å². The first-order valence-corrected chi connectivity index (χ1v) is 11.9. The maximum absolute atomic E-state index is 12.5. The standard InChI is InChI=1S/C25H22N4O4S/c30-24(31)23(17-18-7-3-1-4-8-18)28-25-26-16-15-22(27-25)19-11-13-20(14-12-19)29-34(32,33)21-9-5-2-6-10-21/h1-16,23,29H,17H2,(H,30,31)(H,26,27,28)/t23-/m0/s1. The third-order valence-electron chi connectivity index (χ3n) is 5.03. The number of sulfonamides is 1. The van der Waals surface area contributed by atoms with Gasteiger partial charge in [0.25, 0.3) is 10.0 Å². The highest BCUT2D eigenvalue weighted by atomic mass is 32.2. The van der Waals surface area contributed by atoms with Gasteiger partial charge < -0.3 is 10.4 Å². The second-order valence-corrected chi connectivity index (χ2v) is 9.17. The highest BCUT2D eigenvalue weighted by Gasteiger charge is 2.19. The first-order valence-electron chi connectivity index (χ1n) is 10.5. The highest BCUT2D eigenvalue weighted by Crippen LogP contribution is 2.22. The summed E-state index contributed by atoms with van der Waals surface area (Å²) >= 11 is 0. The largest absolute Gasteiger partial charge is 0.480 e. The molecule has 8 nitrogen and oxygen atoms in total. The molecule has 0 aliphatic carbocycles. The van der Waals surface area contributed by atoms with Gasteiger partial charge in [0.1, 0.15) is 6.04 Å². The topological polar surface area (TPSA) is 121 Å². The van der Waals surface area contributed by atoms with Crippen LogP contribution in [-0.2, 0) is 21.2 Å². The summed E-state index contributed by atoms with van der Waals surface area (Å²) in [5, 5.41) is 12.5. The fourth-order valence-corrected chi connectivity index (χ4v) is 4.40. The summed E-state index contributed by atoms with van der Waals surface area (Å²) in [5.74, 6) is -0.817. The third kappa shape index (κ3) is 5.76. The van der Waals surface area contributed by atoms with Crippen LogP contribution in [0.4, 0.5) is 11.6 Å². The van der Waals surface area contributed by atoms with E-state index in [1.807, 2.05) is 30.3 Å². The summed E-state index contributed by atoms with van der Waals surface area (Å²) in [6, 6.07) is 25.0. The van der Waals surface area contributed by atoms with E-state index in [0.29, 0.717) is 11.4 Å². The molecule has 0 saturated heterocycles. The summed E-state index contributed by atoms with van der Waals surface area (Å²) in [6.07, 6.45) is 1.82. The Labute approximate surface area is 197 Å². The molecule has 0 saturated carbocycles. The van der Waals surface area contributed by atoms with Crippen LogP contribution >= 0.6 is 0 Å². The van der Waals surface area contributed by atoms with Crippen molar-refractivity contribution in [3.8, 4) is 11.3 Å². The molecule has 3 N–H and O–H groups in total. The van der Waals surface area contributed by atoms with Gasteiger partial charge >= 0.3 is 5.97 Å². The second-order valence-electron chi connectivity index (χ2n) is 7.49. The Balaban J connectivity index is 1.48. The SMILES string of the molecule is O=C(O)[C@H](Cc1ccccc1)Nc1nccc(-c2ccc(NS(=O)(=O)c3ccccc3)cc2)n1. The molecule has 0 unspecified atom stereocenters. The van der Waals surface area contributed by atoms with E-state index in [9.17, 15) is 18.3 Å². The Bertz CT molecular complexity index is 1360. The van der Waals surface area contributed by atoms with Crippen molar-refractivity contribution in [1.82, 2.24) is 9.97 Å². The summed E-state index contributed by atoms with van der Waals surface area (Å²) in [6.45, 7) is 0. The van der Waals surface area contributed by atoms with Crippen LogP contribution in [0.25, 0.3) is 11.3 Å². The molecule has 0 spiro atoms. The van der Waals surface area contributed by atoms with Crippen LogP contribution in [0.3, 0.4) is 0 Å². The lowest BCUT2D eigenvalue weighted by atomic mass is 10.1. The molecular weight excluding hydrogens is 452 g/mol. The number of anilines is 2. The van der Waals surface area contributed by atoms with E-state index < -0.39 is 22.0 Å². The zero-order valence-corrected chi connectivity index (χ0v) is 18.8. The molecule has 0 amide bonds. The van der Waals surface area contributed by atoms with Crippen LogP contribution < -0.4 is 10.0 Å². The van der Waals surface area contributed by atoms with Gasteiger partial charge in [0.15, 0.2) is 0 Å². The van der Waals surface area contributed by atoms with Gasteiger partial charge in [0.2, 0.25) is 5.95 Å². The van der Waals surface area contributed by atoms with Crippen molar-refractivity contribution in [2.75, 3.05) is 10.0 Å². The molecule has 3 aromatic carbocycles. The van der Waals surface area contributed by atoms with Crippen molar-refractivity contribution in [1.29, 1.82) is 0 Å². The number of hydrogen-bond acceptors (Lipinski definition) is 6. The van der Waals surface area contributed by atoms with Crippen molar-refractivity contribution in [2.24, 2.45) is 0 Å². The first kappa shape index (κ1) is 22.9. The third-order valence-corrected chi connectivity index (χ3v) is 6.42. The first-order chi connectivity index (χ1) is 16.4. The molecule has 0 aliphatic heterocycles. The Hall–Kier alpha value is -4.24. The van der Waals surface area contributed by atoms with Crippen molar-refractivity contribution < 1.29 is 18.3 Å². The number of aliphatic carboxylic acids is 1. The molecule has 172 valence electrons. The molecule has 1 atom stereocenters. The molecular formula is C25H22N4O4S. The molecule has 34 heavy (non-hydrogen) atoms. The number of hydrogen-bond donors (Lipinski definition) is 3. The normalized spacial score (nSPS) is 12.0. The number of carboxylic acid groups (broad SMARTS) is 1. The van der Waals surface area contributed by atoms with Crippen LogP contribution in [0.15, 0.2) is 102 Å². The van der Waals surface area contributed by atoms with Gasteiger partial charge in [-0.05, 0) is 35.9 Å². The van der Waals surface area contributed by atoms with Crippen LogP contribution in [0.1, 0.15) is 5.56 Å². The average molecular weight is 475 g/mol. The van der Waals surface area contributed by atoms with E-state index >= 15 is 0 Å². The lowest BCUT2D eigenvalue weighted by molar-refractivity contribution is -0.137. The lowest BCUT2D eigenvalue weighted by Crippen LogP contribution is -2.32. The predicted molar refractivity (Wildman–Crippen MR) is 130 cm³/mol. The molecule has 0 fully saturated rings. The number of nitrogens with zero attached hydrogens (tertiary/aromatic N) is 2. The molecule has 9 heteroatoms. The summed E-state index contributed by atoms with van der Waals surface area (Å²) in [5.41, 5.74) is 2.59. The molecule has 0 radical (unpaired) electrons. The van der Waals surface area contributed by atoms with E-state index in [0.717, 1.165) is 11.1 Å². The Morgan fingerprint density at radius 1 is 0.882 bits per heavy atom. The van der Waals surface area contributed by atoms with Crippen molar-refractivity contribution in [2.45, 2.75) is 17.4 Å². The van der Waals surface area contributed by atoms with Crippen LogP contribution in [0, 0.1) is 0 Å². The Morgan fingerprint density at radius 3 is 2.18 bits per heavy atom. The highest BCUT2D eigenvalue weighted by molar-refractivity contribution is 7.92. The predicted octanol–water partition coefficient (Wildman–Crippen LogP) is 4.05. The fraction of sp³-hybridized carbons (Fsp3) is 0.0800. The van der Waals surface area contributed by atoms with Crippen LogP contribution in [0.5, 0.6) is 0 Å². The van der Waals surface area contributed by atoms with E-state index in [1.54, 1.807) is 48.5 Å². The molecule has 1 aromatic heterocycles. The lowest BCUT2D eigenvalue weighted by Gasteiger charge is -2.15. The zero-order valence-electron chi connectivity index (χ0n) is 18.0. The molecule has 0 aliphatic rings. The minimum atomic E-state index is -3.69. The van der Waals surface area contributed by atoms with Crippen molar-refractivity contribution in [3.05, 3.63) is 103 Å². The Kier molecular flexibility index (Phi) is 6.84. The summed E-state index contributed by atoms with van der Waals surface area (Å²) in [4.78, 5) is 20.5. The molecule has 0 bridgehead atoms. The van der Waals surface area contributed by atoms with Gasteiger partial charge in [-0.2, -0.15) is 0 Å². The van der Waals surface area contributed by atoms with Gasteiger partial charge in [-0.1, -0.05) is 60.7 Å².